The average molecular weight is 323 g/mol. The van der Waals surface area contributed by atoms with Crippen molar-refractivity contribution in [2.75, 3.05) is 19.3 Å². The minimum atomic E-state index is -3.36. The van der Waals surface area contributed by atoms with Gasteiger partial charge in [-0.1, -0.05) is 0 Å². The van der Waals surface area contributed by atoms with Crippen LogP contribution in [0.25, 0.3) is 0 Å². The van der Waals surface area contributed by atoms with Crippen LogP contribution >= 0.6 is 23.4 Å². The smallest absolute Gasteiger partial charge is 0.244 e. The third-order valence-electron chi connectivity index (χ3n) is 3.59. The summed E-state index contributed by atoms with van der Waals surface area (Å²) in [6.07, 6.45) is 5.58. The van der Waals surface area contributed by atoms with Crippen molar-refractivity contribution in [1.29, 1.82) is 0 Å². The van der Waals surface area contributed by atoms with E-state index in [1.807, 2.05) is 18.8 Å². The second kappa shape index (κ2) is 6.08. The molecule has 1 aromatic heterocycles. The molecule has 0 amide bonds. The second-order valence-corrected chi connectivity index (χ2v) is 8.09. The Hall–Kier alpha value is -0.170. The molecule has 0 unspecified atom stereocenters. The molecule has 1 fully saturated rings. The Morgan fingerprint density at radius 3 is 2.53 bits per heavy atom. The standard InChI is InChI=1S/C12H19ClN2O2S2/c1-14-9-12(7-10(14)8-13)19(16,17)15-5-3-11(18-2)4-6-15/h7,9,11H,3-6,8H2,1-2H3. The van der Waals surface area contributed by atoms with Crippen LogP contribution in [0.1, 0.15) is 18.5 Å². The lowest BCUT2D eigenvalue weighted by Crippen LogP contribution is -2.39. The first kappa shape index (κ1) is 15.2. The summed E-state index contributed by atoms with van der Waals surface area (Å²) in [6.45, 7) is 1.22. The predicted octanol–water partition coefficient (Wildman–Crippen LogP) is 2.28. The molecule has 0 radical (unpaired) electrons. The fraction of sp³-hybridized carbons (Fsp3) is 0.667. The van der Waals surface area contributed by atoms with Crippen LogP contribution in [0, 0.1) is 0 Å². The molecule has 0 aromatic carbocycles. The topological polar surface area (TPSA) is 42.3 Å². The number of rotatable bonds is 4. The molecular weight excluding hydrogens is 304 g/mol. The SMILES string of the molecule is CSC1CCN(S(=O)(=O)c2cc(CCl)n(C)c2)CC1. The molecule has 4 nitrogen and oxygen atoms in total. The Morgan fingerprint density at radius 1 is 1.42 bits per heavy atom. The molecule has 1 saturated heterocycles. The summed E-state index contributed by atoms with van der Waals surface area (Å²) in [5, 5.41) is 0.584. The summed E-state index contributed by atoms with van der Waals surface area (Å²) < 4.78 is 28.4. The Bertz CT molecular complexity index is 534. The monoisotopic (exact) mass is 322 g/mol. The maximum Gasteiger partial charge on any atom is 0.244 e. The van der Waals surface area contributed by atoms with Crippen molar-refractivity contribution < 1.29 is 8.42 Å². The van der Waals surface area contributed by atoms with Gasteiger partial charge in [-0.25, -0.2) is 8.42 Å². The first-order valence-electron chi connectivity index (χ1n) is 6.23. The number of alkyl halides is 1. The Kier molecular flexibility index (Phi) is 4.87. The molecule has 2 heterocycles. The van der Waals surface area contributed by atoms with E-state index in [-0.39, 0.29) is 0 Å². The van der Waals surface area contributed by atoms with Gasteiger partial charge in [-0.05, 0) is 25.2 Å². The van der Waals surface area contributed by atoms with Crippen LogP contribution in [-0.4, -0.2) is 41.9 Å². The van der Waals surface area contributed by atoms with E-state index >= 15 is 0 Å². The van der Waals surface area contributed by atoms with Gasteiger partial charge in [0.05, 0.1) is 5.88 Å². The Morgan fingerprint density at radius 2 is 2.05 bits per heavy atom. The summed E-state index contributed by atoms with van der Waals surface area (Å²) in [6, 6.07) is 1.67. The maximum absolute atomic E-state index is 12.5. The first-order chi connectivity index (χ1) is 8.98. The molecule has 1 aromatic rings. The highest BCUT2D eigenvalue weighted by Crippen LogP contribution is 2.26. The minimum absolute atomic E-state index is 0.320. The molecule has 108 valence electrons. The van der Waals surface area contributed by atoms with E-state index in [0.717, 1.165) is 18.5 Å². The van der Waals surface area contributed by atoms with Crippen LogP contribution in [0.5, 0.6) is 0 Å². The van der Waals surface area contributed by atoms with E-state index < -0.39 is 10.0 Å². The number of nitrogens with zero attached hydrogens (tertiary/aromatic N) is 2. The average Bonchev–Trinajstić information content (AvgIpc) is 2.81. The van der Waals surface area contributed by atoms with E-state index in [4.69, 9.17) is 11.6 Å². The zero-order valence-corrected chi connectivity index (χ0v) is 13.6. The number of hydrogen-bond acceptors (Lipinski definition) is 3. The molecule has 19 heavy (non-hydrogen) atoms. The summed E-state index contributed by atoms with van der Waals surface area (Å²) >= 11 is 7.61. The van der Waals surface area contributed by atoms with Crippen molar-refractivity contribution in [3.8, 4) is 0 Å². The van der Waals surface area contributed by atoms with Crippen LogP contribution in [-0.2, 0) is 23.0 Å². The highest BCUT2D eigenvalue weighted by molar-refractivity contribution is 7.99. The van der Waals surface area contributed by atoms with Crippen molar-refractivity contribution in [2.24, 2.45) is 7.05 Å². The number of thioether (sulfide) groups is 1. The molecular formula is C12H19ClN2O2S2. The Balaban J connectivity index is 2.18. The van der Waals surface area contributed by atoms with Crippen molar-refractivity contribution in [3.63, 3.8) is 0 Å². The number of aryl methyl sites for hydroxylation is 1. The summed E-state index contributed by atoms with van der Waals surface area (Å²) in [5.41, 5.74) is 0.819. The normalized spacial score (nSPS) is 18.9. The van der Waals surface area contributed by atoms with Crippen molar-refractivity contribution >= 4 is 33.4 Å². The van der Waals surface area contributed by atoms with E-state index in [1.165, 1.54) is 0 Å². The highest BCUT2D eigenvalue weighted by atomic mass is 35.5. The molecule has 0 saturated carbocycles. The molecule has 0 aliphatic carbocycles. The van der Waals surface area contributed by atoms with Crippen LogP contribution < -0.4 is 0 Å². The fourth-order valence-electron chi connectivity index (χ4n) is 2.31. The minimum Gasteiger partial charge on any atom is -0.352 e. The quantitative estimate of drug-likeness (QED) is 0.799. The van der Waals surface area contributed by atoms with Gasteiger partial charge in [0.25, 0.3) is 0 Å². The third-order valence-corrected chi connectivity index (χ3v) is 6.87. The van der Waals surface area contributed by atoms with Crippen LogP contribution in [0.15, 0.2) is 17.2 Å². The molecule has 0 spiro atoms. The lowest BCUT2D eigenvalue weighted by atomic mass is 10.2. The van der Waals surface area contributed by atoms with Crippen molar-refractivity contribution in [2.45, 2.75) is 28.9 Å². The zero-order valence-electron chi connectivity index (χ0n) is 11.2. The number of halogens is 1. The van der Waals surface area contributed by atoms with Crippen LogP contribution in [0.2, 0.25) is 0 Å². The summed E-state index contributed by atoms with van der Waals surface area (Å²) in [7, 11) is -1.54. The van der Waals surface area contributed by atoms with E-state index in [2.05, 4.69) is 6.26 Å². The predicted molar refractivity (Wildman–Crippen MR) is 80.3 cm³/mol. The molecule has 7 heteroatoms. The van der Waals surface area contributed by atoms with Gasteiger partial charge in [-0.2, -0.15) is 16.1 Å². The maximum atomic E-state index is 12.5. The largest absolute Gasteiger partial charge is 0.352 e. The number of aromatic nitrogens is 1. The summed E-state index contributed by atoms with van der Waals surface area (Å²) in [4.78, 5) is 0.355. The van der Waals surface area contributed by atoms with E-state index in [9.17, 15) is 8.42 Å². The third kappa shape index (κ3) is 3.12. The van der Waals surface area contributed by atoms with Crippen molar-refractivity contribution in [1.82, 2.24) is 8.87 Å². The molecule has 0 N–H and O–H groups in total. The Labute approximate surface area is 124 Å². The van der Waals surface area contributed by atoms with Crippen LogP contribution in [0.4, 0.5) is 0 Å². The van der Waals surface area contributed by atoms with Gasteiger partial charge in [-0.3, -0.25) is 0 Å². The van der Waals surface area contributed by atoms with Crippen molar-refractivity contribution in [3.05, 3.63) is 18.0 Å². The molecule has 2 rings (SSSR count). The van der Waals surface area contributed by atoms with Gasteiger partial charge in [0.15, 0.2) is 0 Å². The van der Waals surface area contributed by atoms with Gasteiger partial charge in [0.1, 0.15) is 4.90 Å². The summed E-state index contributed by atoms with van der Waals surface area (Å²) in [5.74, 6) is 0.320. The van der Waals surface area contributed by atoms with E-state index in [0.29, 0.717) is 29.1 Å². The lowest BCUT2D eigenvalue weighted by Gasteiger charge is -2.29. The second-order valence-electron chi connectivity index (χ2n) is 4.75. The van der Waals surface area contributed by atoms with Gasteiger partial charge in [0.2, 0.25) is 10.0 Å². The lowest BCUT2D eigenvalue weighted by molar-refractivity contribution is 0.352. The number of piperidine rings is 1. The molecule has 0 bridgehead atoms. The number of sulfonamides is 1. The van der Waals surface area contributed by atoms with Gasteiger partial charge in [-0.15, -0.1) is 11.6 Å². The molecule has 1 aliphatic rings. The van der Waals surface area contributed by atoms with Gasteiger partial charge >= 0.3 is 0 Å². The highest BCUT2D eigenvalue weighted by Gasteiger charge is 2.30. The first-order valence-corrected chi connectivity index (χ1v) is 9.49. The molecule has 1 aliphatic heterocycles. The van der Waals surface area contributed by atoms with Crippen LogP contribution in [0.3, 0.4) is 0 Å². The fourth-order valence-corrected chi connectivity index (χ4v) is 4.82. The van der Waals surface area contributed by atoms with Gasteiger partial charge in [0, 0.05) is 37.3 Å². The van der Waals surface area contributed by atoms with Gasteiger partial charge < -0.3 is 4.57 Å². The number of hydrogen-bond donors (Lipinski definition) is 0. The zero-order chi connectivity index (χ0) is 14.0. The van der Waals surface area contributed by atoms with E-state index in [1.54, 1.807) is 21.1 Å². The molecule has 0 atom stereocenters.